The van der Waals surface area contributed by atoms with Gasteiger partial charge >= 0.3 is 0 Å². The number of fused-ring (bicyclic) bond motifs is 3. The number of thioether (sulfide) groups is 1. The Morgan fingerprint density at radius 3 is 2.77 bits per heavy atom. The van der Waals surface area contributed by atoms with E-state index >= 15 is 0 Å². The maximum absolute atomic E-state index is 13.2. The number of benzene rings is 1. The second-order valence-corrected chi connectivity index (χ2v) is 9.16. The summed E-state index contributed by atoms with van der Waals surface area (Å²) < 4.78 is 1.57. The monoisotopic (exact) mass is 456 g/mol. The fourth-order valence-corrected chi connectivity index (χ4v) is 5.72. The van der Waals surface area contributed by atoms with Crippen LogP contribution in [0.5, 0.6) is 0 Å². The highest BCUT2D eigenvalue weighted by Gasteiger charge is 2.22. The van der Waals surface area contributed by atoms with E-state index in [0.29, 0.717) is 22.8 Å². The molecule has 0 unspecified atom stereocenters. The Hall–Kier alpha value is -2.98. The van der Waals surface area contributed by atoms with Gasteiger partial charge in [0.2, 0.25) is 5.91 Å². The Morgan fingerprint density at radius 1 is 1.32 bits per heavy atom. The van der Waals surface area contributed by atoms with Crippen LogP contribution < -0.4 is 10.9 Å². The molecule has 31 heavy (non-hydrogen) atoms. The molecule has 1 aromatic carbocycles. The highest BCUT2D eigenvalue weighted by atomic mass is 32.2. The number of nitro groups is 1. The third kappa shape index (κ3) is 4.40. The van der Waals surface area contributed by atoms with Gasteiger partial charge in [-0.2, -0.15) is 0 Å². The number of carbonyl (C=O) groups is 1. The van der Waals surface area contributed by atoms with Crippen molar-refractivity contribution < 1.29 is 9.72 Å². The number of aryl methyl sites for hydroxylation is 2. The molecule has 1 aliphatic rings. The lowest BCUT2D eigenvalue weighted by Gasteiger charge is -2.12. The zero-order chi connectivity index (χ0) is 22.0. The number of hydrogen-bond donors (Lipinski definition) is 1. The first-order chi connectivity index (χ1) is 15.0. The molecule has 160 valence electrons. The van der Waals surface area contributed by atoms with Crippen LogP contribution >= 0.6 is 23.1 Å². The first-order valence-corrected chi connectivity index (χ1v) is 11.6. The number of carbonyl (C=O) groups excluding carboxylic acids is 1. The Balaban J connectivity index is 1.55. The van der Waals surface area contributed by atoms with Crippen LogP contribution in [0.4, 0.5) is 11.4 Å². The van der Waals surface area contributed by atoms with Crippen LogP contribution in [-0.2, 0) is 24.2 Å². The molecule has 0 saturated heterocycles. The van der Waals surface area contributed by atoms with Crippen LogP contribution in [0.2, 0.25) is 0 Å². The van der Waals surface area contributed by atoms with Gasteiger partial charge in [0.15, 0.2) is 5.16 Å². The molecule has 10 heteroatoms. The largest absolute Gasteiger partial charge is 0.325 e. The van der Waals surface area contributed by atoms with Crippen molar-refractivity contribution in [3.63, 3.8) is 0 Å². The fourth-order valence-electron chi connectivity index (χ4n) is 3.61. The zero-order valence-corrected chi connectivity index (χ0v) is 18.3. The summed E-state index contributed by atoms with van der Waals surface area (Å²) in [6, 6.07) is 5.63. The van der Waals surface area contributed by atoms with Gasteiger partial charge < -0.3 is 5.32 Å². The quantitative estimate of drug-likeness (QED) is 0.188. The van der Waals surface area contributed by atoms with Crippen molar-refractivity contribution in [2.24, 2.45) is 0 Å². The maximum Gasteiger partial charge on any atom is 0.269 e. The van der Waals surface area contributed by atoms with Gasteiger partial charge in [0, 0.05) is 29.2 Å². The normalized spacial score (nSPS) is 13.0. The Morgan fingerprint density at radius 2 is 2.06 bits per heavy atom. The van der Waals surface area contributed by atoms with E-state index in [9.17, 15) is 19.7 Å². The van der Waals surface area contributed by atoms with E-state index in [-0.39, 0.29) is 22.9 Å². The number of nitrogens with zero attached hydrogens (tertiary/aromatic N) is 3. The van der Waals surface area contributed by atoms with E-state index in [0.717, 1.165) is 36.1 Å². The van der Waals surface area contributed by atoms with Crippen molar-refractivity contribution in [3.05, 3.63) is 67.8 Å². The third-order valence-electron chi connectivity index (χ3n) is 5.05. The van der Waals surface area contributed by atoms with E-state index in [1.807, 2.05) is 0 Å². The SMILES string of the molecule is C=CCn1c(SCC(=O)Nc2ccc([N+](=O)[O-])cc2)nc2sc3c(c2c1=O)CCCC3. The number of allylic oxidation sites excluding steroid dienone is 1. The number of rotatable bonds is 7. The molecule has 1 N–H and O–H groups in total. The van der Waals surface area contributed by atoms with Crippen molar-refractivity contribution in [1.82, 2.24) is 9.55 Å². The first-order valence-electron chi connectivity index (χ1n) is 9.81. The van der Waals surface area contributed by atoms with Crippen molar-refractivity contribution in [1.29, 1.82) is 0 Å². The smallest absolute Gasteiger partial charge is 0.269 e. The molecule has 2 aromatic heterocycles. The van der Waals surface area contributed by atoms with Gasteiger partial charge in [0.25, 0.3) is 11.2 Å². The third-order valence-corrected chi connectivity index (χ3v) is 7.21. The summed E-state index contributed by atoms with van der Waals surface area (Å²) in [5, 5.41) is 14.6. The fraction of sp³-hybridized carbons (Fsp3) is 0.286. The molecular formula is C21H20N4O4S2. The summed E-state index contributed by atoms with van der Waals surface area (Å²) in [7, 11) is 0. The summed E-state index contributed by atoms with van der Waals surface area (Å²) in [4.78, 5) is 42.5. The van der Waals surface area contributed by atoms with Crippen LogP contribution in [0.1, 0.15) is 23.3 Å². The average Bonchev–Trinajstić information content (AvgIpc) is 3.13. The molecule has 0 saturated carbocycles. The molecular weight excluding hydrogens is 436 g/mol. The Kier molecular flexibility index (Phi) is 6.19. The second kappa shape index (κ2) is 9.03. The van der Waals surface area contributed by atoms with E-state index in [1.165, 1.54) is 40.9 Å². The Labute approximate surface area is 186 Å². The number of hydrogen-bond acceptors (Lipinski definition) is 7. The van der Waals surface area contributed by atoms with Crippen molar-refractivity contribution in [2.75, 3.05) is 11.1 Å². The van der Waals surface area contributed by atoms with Gasteiger partial charge in [0.1, 0.15) is 4.83 Å². The number of amides is 1. The van der Waals surface area contributed by atoms with Crippen LogP contribution in [-0.4, -0.2) is 26.1 Å². The molecule has 2 heterocycles. The number of non-ortho nitro benzene ring substituents is 1. The van der Waals surface area contributed by atoms with Crippen LogP contribution in [0.3, 0.4) is 0 Å². The summed E-state index contributed by atoms with van der Waals surface area (Å²) in [6.45, 7) is 4.06. The van der Waals surface area contributed by atoms with Crippen molar-refractivity contribution in [2.45, 2.75) is 37.4 Å². The second-order valence-electron chi connectivity index (χ2n) is 7.13. The lowest BCUT2D eigenvalue weighted by atomic mass is 9.97. The predicted molar refractivity (Wildman–Crippen MR) is 123 cm³/mol. The van der Waals surface area contributed by atoms with Gasteiger partial charge in [-0.15, -0.1) is 17.9 Å². The zero-order valence-electron chi connectivity index (χ0n) is 16.6. The van der Waals surface area contributed by atoms with Gasteiger partial charge in [-0.25, -0.2) is 4.98 Å². The predicted octanol–water partition coefficient (Wildman–Crippen LogP) is 4.16. The maximum atomic E-state index is 13.2. The van der Waals surface area contributed by atoms with Gasteiger partial charge in [-0.3, -0.25) is 24.3 Å². The molecule has 0 spiro atoms. The highest BCUT2D eigenvalue weighted by molar-refractivity contribution is 7.99. The molecule has 0 bridgehead atoms. The van der Waals surface area contributed by atoms with Gasteiger partial charge in [-0.1, -0.05) is 17.8 Å². The lowest BCUT2D eigenvalue weighted by Crippen LogP contribution is -2.24. The van der Waals surface area contributed by atoms with E-state index < -0.39 is 4.92 Å². The van der Waals surface area contributed by atoms with Crippen LogP contribution in [0.15, 0.2) is 46.9 Å². The first kappa shape index (κ1) is 21.3. The highest BCUT2D eigenvalue weighted by Crippen LogP contribution is 2.34. The molecule has 3 aromatic rings. The minimum absolute atomic E-state index is 0.0445. The number of nitro benzene ring substituents is 1. The van der Waals surface area contributed by atoms with Crippen molar-refractivity contribution in [3.8, 4) is 0 Å². The van der Waals surface area contributed by atoms with Crippen molar-refractivity contribution >= 4 is 50.6 Å². The van der Waals surface area contributed by atoms with Crippen LogP contribution in [0, 0.1) is 10.1 Å². The standard InChI is InChI=1S/C21H20N4O4S2/c1-2-11-24-20(27)18-15-5-3-4-6-16(15)31-19(18)23-21(24)30-12-17(26)22-13-7-9-14(10-8-13)25(28)29/h2,7-10H,1,3-6,11-12H2,(H,22,26). The molecule has 0 fully saturated rings. The summed E-state index contributed by atoms with van der Waals surface area (Å²) in [5.41, 5.74) is 1.47. The Bertz CT molecular complexity index is 1230. The lowest BCUT2D eigenvalue weighted by molar-refractivity contribution is -0.384. The van der Waals surface area contributed by atoms with E-state index in [1.54, 1.807) is 22.0 Å². The number of anilines is 1. The molecule has 0 atom stereocenters. The molecule has 0 aliphatic heterocycles. The molecule has 1 amide bonds. The minimum Gasteiger partial charge on any atom is -0.325 e. The van der Waals surface area contributed by atoms with Gasteiger partial charge in [0.05, 0.1) is 16.1 Å². The molecule has 8 nitrogen and oxygen atoms in total. The van der Waals surface area contributed by atoms with E-state index in [2.05, 4.69) is 11.9 Å². The molecule has 4 rings (SSSR count). The van der Waals surface area contributed by atoms with E-state index in [4.69, 9.17) is 4.98 Å². The molecule has 1 aliphatic carbocycles. The minimum atomic E-state index is -0.495. The summed E-state index contributed by atoms with van der Waals surface area (Å²) in [5.74, 6) is -0.235. The number of aromatic nitrogens is 2. The van der Waals surface area contributed by atoms with Crippen LogP contribution in [0.25, 0.3) is 10.2 Å². The summed E-state index contributed by atoms with van der Waals surface area (Å²) >= 11 is 2.76. The topological polar surface area (TPSA) is 107 Å². The number of nitrogens with one attached hydrogen (secondary N) is 1. The van der Waals surface area contributed by atoms with Gasteiger partial charge in [-0.05, 0) is 43.4 Å². The molecule has 0 radical (unpaired) electrons. The summed E-state index contributed by atoms with van der Waals surface area (Å²) in [6.07, 6.45) is 5.75. The number of thiophene rings is 1. The average molecular weight is 457 g/mol.